The van der Waals surface area contributed by atoms with E-state index >= 15 is 0 Å². The third kappa shape index (κ3) is 3.04. The van der Waals surface area contributed by atoms with Crippen molar-refractivity contribution in [3.05, 3.63) is 29.3 Å². The molecule has 0 unspecified atom stereocenters. The molecule has 4 N–H and O–H groups in total. The maximum Gasteiger partial charge on any atom is 0.213 e. The van der Waals surface area contributed by atoms with Crippen molar-refractivity contribution >= 4 is 15.7 Å². The molecule has 0 amide bonds. The van der Waals surface area contributed by atoms with Gasteiger partial charge in [0, 0.05) is 5.69 Å². The first-order chi connectivity index (χ1) is 5.88. The first-order valence-electron chi connectivity index (χ1n) is 3.74. The summed E-state index contributed by atoms with van der Waals surface area (Å²) in [5.41, 5.74) is 7.75. The predicted octanol–water partition coefficient (Wildman–Crippen LogP) is 0.366. The van der Waals surface area contributed by atoms with Crippen molar-refractivity contribution in [3.63, 3.8) is 0 Å². The van der Waals surface area contributed by atoms with E-state index in [4.69, 9.17) is 10.9 Å². The SMILES string of the molecule is Cc1cc(CS(N)(=O)=O)ccc1N. The molecule has 4 nitrogen and oxygen atoms in total. The number of aryl methyl sites for hydroxylation is 1. The number of nitrogens with two attached hydrogens (primary N) is 2. The summed E-state index contributed by atoms with van der Waals surface area (Å²) in [6.07, 6.45) is 0. The maximum atomic E-state index is 10.7. The van der Waals surface area contributed by atoms with Gasteiger partial charge in [-0.2, -0.15) is 0 Å². The average Bonchev–Trinajstić information content (AvgIpc) is 1.94. The minimum absolute atomic E-state index is 0.145. The normalized spacial score (nSPS) is 11.5. The van der Waals surface area contributed by atoms with Crippen LogP contribution in [0.3, 0.4) is 0 Å². The monoisotopic (exact) mass is 200 g/mol. The molecule has 1 rings (SSSR count). The second-order valence-corrected chi connectivity index (χ2v) is 4.61. The Hall–Kier alpha value is -1.07. The van der Waals surface area contributed by atoms with E-state index in [0.717, 1.165) is 5.56 Å². The van der Waals surface area contributed by atoms with Gasteiger partial charge >= 0.3 is 0 Å². The zero-order valence-corrected chi connectivity index (χ0v) is 8.14. The van der Waals surface area contributed by atoms with Gasteiger partial charge in [0.25, 0.3) is 0 Å². The zero-order valence-electron chi connectivity index (χ0n) is 7.32. The fourth-order valence-electron chi connectivity index (χ4n) is 1.06. The minimum Gasteiger partial charge on any atom is -0.399 e. The predicted molar refractivity (Wildman–Crippen MR) is 52.4 cm³/mol. The molecule has 0 aromatic heterocycles. The number of sulfonamides is 1. The van der Waals surface area contributed by atoms with Crippen LogP contribution >= 0.6 is 0 Å². The van der Waals surface area contributed by atoms with Crippen LogP contribution in [-0.2, 0) is 15.8 Å². The van der Waals surface area contributed by atoms with E-state index in [1.165, 1.54) is 0 Å². The van der Waals surface area contributed by atoms with E-state index in [0.29, 0.717) is 11.3 Å². The first-order valence-corrected chi connectivity index (χ1v) is 5.45. The van der Waals surface area contributed by atoms with Gasteiger partial charge in [-0.25, -0.2) is 13.6 Å². The summed E-state index contributed by atoms with van der Waals surface area (Å²) < 4.78 is 21.5. The molecule has 0 aliphatic carbocycles. The van der Waals surface area contributed by atoms with Gasteiger partial charge in [0.05, 0.1) is 5.75 Å². The van der Waals surface area contributed by atoms with Gasteiger partial charge in [-0.1, -0.05) is 12.1 Å². The van der Waals surface area contributed by atoms with Gasteiger partial charge in [0.15, 0.2) is 0 Å². The standard InChI is InChI=1S/C8H12N2O2S/c1-6-4-7(2-3-8(6)9)5-13(10,11)12/h2-4H,5,9H2,1H3,(H2,10,11,12). The molecule has 0 heterocycles. The highest BCUT2D eigenvalue weighted by molar-refractivity contribution is 7.88. The summed E-state index contributed by atoms with van der Waals surface area (Å²) in [5, 5.41) is 4.90. The van der Waals surface area contributed by atoms with Gasteiger partial charge in [-0.3, -0.25) is 0 Å². The van der Waals surface area contributed by atoms with Crippen molar-refractivity contribution in [2.45, 2.75) is 12.7 Å². The van der Waals surface area contributed by atoms with E-state index in [2.05, 4.69) is 0 Å². The van der Waals surface area contributed by atoms with Gasteiger partial charge in [-0.15, -0.1) is 0 Å². The van der Waals surface area contributed by atoms with Gasteiger partial charge in [-0.05, 0) is 24.1 Å². The number of rotatable bonds is 2. The maximum absolute atomic E-state index is 10.7. The van der Waals surface area contributed by atoms with Crippen molar-refractivity contribution in [2.75, 3.05) is 5.73 Å². The quantitative estimate of drug-likeness (QED) is 0.676. The molecule has 0 atom stereocenters. The third-order valence-electron chi connectivity index (χ3n) is 1.70. The van der Waals surface area contributed by atoms with Crippen LogP contribution in [0, 0.1) is 6.92 Å². The Balaban J connectivity index is 2.99. The van der Waals surface area contributed by atoms with E-state index in [-0.39, 0.29) is 5.75 Å². The molecule has 1 aromatic rings. The molecular formula is C8H12N2O2S. The molecular weight excluding hydrogens is 188 g/mol. The van der Waals surface area contributed by atoms with Gasteiger partial charge in [0.2, 0.25) is 10.0 Å². The number of anilines is 1. The van der Waals surface area contributed by atoms with Crippen molar-refractivity contribution < 1.29 is 8.42 Å². The van der Waals surface area contributed by atoms with E-state index in [9.17, 15) is 8.42 Å². The van der Waals surface area contributed by atoms with E-state index < -0.39 is 10.0 Å². The molecule has 72 valence electrons. The second-order valence-electron chi connectivity index (χ2n) is 3.00. The molecule has 0 aliphatic rings. The van der Waals surface area contributed by atoms with Crippen LogP contribution in [0.5, 0.6) is 0 Å². The smallest absolute Gasteiger partial charge is 0.213 e. The van der Waals surface area contributed by atoms with Crippen LogP contribution in [0.2, 0.25) is 0 Å². The van der Waals surface area contributed by atoms with E-state index in [1.807, 2.05) is 6.92 Å². The zero-order chi connectivity index (χ0) is 10.1. The van der Waals surface area contributed by atoms with Crippen molar-refractivity contribution in [1.82, 2.24) is 0 Å². The average molecular weight is 200 g/mol. The summed E-state index contributed by atoms with van der Waals surface area (Å²) >= 11 is 0. The number of hydrogen-bond donors (Lipinski definition) is 2. The molecule has 5 heteroatoms. The molecule has 0 aliphatic heterocycles. The Morgan fingerprint density at radius 1 is 1.38 bits per heavy atom. The van der Waals surface area contributed by atoms with Crippen molar-refractivity contribution in [1.29, 1.82) is 0 Å². The van der Waals surface area contributed by atoms with Crippen molar-refractivity contribution in [3.8, 4) is 0 Å². The number of benzene rings is 1. The Morgan fingerprint density at radius 2 is 2.00 bits per heavy atom. The molecule has 13 heavy (non-hydrogen) atoms. The Morgan fingerprint density at radius 3 is 2.46 bits per heavy atom. The lowest BCUT2D eigenvalue weighted by molar-refractivity contribution is 0.597. The highest BCUT2D eigenvalue weighted by Gasteiger charge is 2.05. The van der Waals surface area contributed by atoms with Crippen LogP contribution in [0.25, 0.3) is 0 Å². The topological polar surface area (TPSA) is 86.2 Å². The summed E-state index contributed by atoms with van der Waals surface area (Å²) in [6.45, 7) is 1.82. The minimum atomic E-state index is -3.45. The largest absolute Gasteiger partial charge is 0.399 e. The fourth-order valence-corrected chi connectivity index (χ4v) is 1.70. The lowest BCUT2D eigenvalue weighted by Crippen LogP contribution is -2.14. The number of primary sulfonamides is 1. The number of nitrogen functional groups attached to an aromatic ring is 1. The van der Waals surface area contributed by atoms with E-state index in [1.54, 1.807) is 18.2 Å². The van der Waals surface area contributed by atoms with Crippen LogP contribution in [0.15, 0.2) is 18.2 Å². The molecule has 0 radical (unpaired) electrons. The summed E-state index contributed by atoms with van der Waals surface area (Å²) in [7, 11) is -3.45. The molecule has 0 saturated heterocycles. The Kier molecular flexibility index (Phi) is 2.58. The van der Waals surface area contributed by atoms with Crippen molar-refractivity contribution in [2.24, 2.45) is 5.14 Å². The molecule has 1 aromatic carbocycles. The number of hydrogen-bond acceptors (Lipinski definition) is 3. The van der Waals surface area contributed by atoms with Gasteiger partial charge < -0.3 is 5.73 Å². The highest BCUT2D eigenvalue weighted by atomic mass is 32.2. The third-order valence-corrected chi connectivity index (χ3v) is 2.44. The lowest BCUT2D eigenvalue weighted by Gasteiger charge is -2.03. The van der Waals surface area contributed by atoms with Crippen LogP contribution < -0.4 is 10.9 Å². The molecule has 0 fully saturated rings. The Bertz CT molecular complexity index is 412. The van der Waals surface area contributed by atoms with Crippen LogP contribution in [0.1, 0.15) is 11.1 Å². The Labute approximate surface area is 77.6 Å². The lowest BCUT2D eigenvalue weighted by atomic mass is 10.1. The summed E-state index contributed by atoms with van der Waals surface area (Å²) in [4.78, 5) is 0. The molecule has 0 bridgehead atoms. The molecule has 0 spiro atoms. The molecule has 0 saturated carbocycles. The van der Waals surface area contributed by atoms with Crippen LogP contribution in [-0.4, -0.2) is 8.42 Å². The van der Waals surface area contributed by atoms with Crippen LogP contribution in [0.4, 0.5) is 5.69 Å². The second kappa shape index (κ2) is 3.35. The van der Waals surface area contributed by atoms with Gasteiger partial charge in [0.1, 0.15) is 0 Å². The summed E-state index contributed by atoms with van der Waals surface area (Å²) in [6, 6.07) is 5.06. The highest BCUT2D eigenvalue weighted by Crippen LogP contribution is 2.13. The first kappa shape index (κ1) is 10.0. The summed E-state index contributed by atoms with van der Waals surface area (Å²) in [5.74, 6) is -0.145. The fraction of sp³-hybridized carbons (Fsp3) is 0.250.